The molecule has 8 heteroatoms. The van der Waals surface area contributed by atoms with Crippen LogP contribution in [0.2, 0.25) is 0 Å². The third kappa shape index (κ3) is 4.80. The molecule has 2 atom stereocenters. The number of likely N-dealkylation sites (tertiary alicyclic amines) is 1. The van der Waals surface area contributed by atoms with Crippen LogP contribution in [0.5, 0.6) is 5.75 Å². The monoisotopic (exact) mass is 355 g/mol. The van der Waals surface area contributed by atoms with E-state index >= 15 is 0 Å². The maximum Gasteiger partial charge on any atom is 0.310 e. The van der Waals surface area contributed by atoms with Crippen molar-refractivity contribution < 1.29 is 23.0 Å². The molecule has 2 rings (SSSR count). The fourth-order valence-corrected chi connectivity index (χ4v) is 2.83. The van der Waals surface area contributed by atoms with Gasteiger partial charge in [0.05, 0.1) is 19.6 Å². The number of carbonyl (C=O) groups excluding carboxylic acids is 1. The SMILES string of the molecule is CN=C(NCCOc1ccc(F)c(F)c1)N1CC(C)C(C(=O)OC)C1. The molecular weight excluding hydrogens is 332 g/mol. The van der Waals surface area contributed by atoms with Gasteiger partial charge in [-0.25, -0.2) is 8.78 Å². The Morgan fingerprint density at radius 3 is 2.76 bits per heavy atom. The lowest BCUT2D eigenvalue weighted by Gasteiger charge is -2.21. The van der Waals surface area contributed by atoms with Gasteiger partial charge in [-0.15, -0.1) is 0 Å². The summed E-state index contributed by atoms with van der Waals surface area (Å²) in [6, 6.07) is 3.40. The van der Waals surface area contributed by atoms with Crippen LogP contribution in [0.4, 0.5) is 8.78 Å². The average molecular weight is 355 g/mol. The van der Waals surface area contributed by atoms with Crippen molar-refractivity contribution in [3.8, 4) is 5.75 Å². The van der Waals surface area contributed by atoms with E-state index < -0.39 is 11.6 Å². The number of carbonyl (C=O) groups is 1. The number of halogens is 2. The maximum atomic E-state index is 13.1. The highest BCUT2D eigenvalue weighted by molar-refractivity contribution is 5.82. The van der Waals surface area contributed by atoms with Crippen LogP contribution in [-0.2, 0) is 9.53 Å². The van der Waals surface area contributed by atoms with Crippen LogP contribution in [0, 0.1) is 23.5 Å². The molecule has 1 aromatic rings. The molecule has 0 saturated carbocycles. The van der Waals surface area contributed by atoms with Gasteiger partial charge in [0.25, 0.3) is 0 Å². The molecular formula is C17H23F2N3O3. The molecule has 1 aliphatic heterocycles. The molecule has 25 heavy (non-hydrogen) atoms. The van der Waals surface area contributed by atoms with E-state index in [1.807, 2.05) is 11.8 Å². The summed E-state index contributed by atoms with van der Waals surface area (Å²) in [6.45, 7) is 3.93. The third-order valence-corrected chi connectivity index (χ3v) is 4.17. The zero-order valence-electron chi connectivity index (χ0n) is 14.6. The highest BCUT2D eigenvalue weighted by atomic mass is 19.2. The number of benzene rings is 1. The number of methoxy groups -OCH3 is 1. The summed E-state index contributed by atoms with van der Waals surface area (Å²) in [4.78, 5) is 18.0. The second kappa shape index (κ2) is 8.64. The number of guanidine groups is 1. The number of hydrogen-bond donors (Lipinski definition) is 1. The van der Waals surface area contributed by atoms with E-state index in [0.29, 0.717) is 25.6 Å². The summed E-state index contributed by atoms with van der Waals surface area (Å²) in [5.41, 5.74) is 0. The Balaban J connectivity index is 1.81. The molecule has 1 fully saturated rings. The molecule has 0 radical (unpaired) electrons. The minimum Gasteiger partial charge on any atom is -0.492 e. The summed E-state index contributed by atoms with van der Waals surface area (Å²) in [5.74, 6) is -1.16. The zero-order chi connectivity index (χ0) is 18.4. The van der Waals surface area contributed by atoms with Crippen molar-refractivity contribution in [3.63, 3.8) is 0 Å². The first-order valence-electron chi connectivity index (χ1n) is 8.07. The molecule has 1 N–H and O–H groups in total. The molecule has 1 heterocycles. The molecule has 1 aliphatic rings. The van der Waals surface area contributed by atoms with Gasteiger partial charge < -0.3 is 19.7 Å². The van der Waals surface area contributed by atoms with E-state index in [0.717, 1.165) is 12.1 Å². The summed E-state index contributed by atoms with van der Waals surface area (Å²) in [6.07, 6.45) is 0. The molecule has 6 nitrogen and oxygen atoms in total. The smallest absolute Gasteiger partial charge is 0.310 e. The van der Waals surface area contributed by atoms with Gasteiger partial charge in [-0.3, -0.25) is 9.79 Å². The van der Waals surface area contributed by atoms with Gasteiger partial charge in [-0.2, -0.15) is 0 Å². The number of nitrogens with zero attached hydrogens (tertiary/aromatic N) is 2. The fraction of sp³-hybridized carbons (Fsp3) is 0.529. The minimum absolute atomic E-state index is 0.171. The Morgan fingerprint density at radius 2 is 2.12 bits per heavy atom. The Bertz CT molecular complexity index is 640. The molecule has 1 saturated heterocycles. The molecule has 0 amide bonds. The largest absolute Gasteiger partial charge is 0.492 e. The number of rotatable bonds is 5. The number of esters is 1. The number of nitrogens with one attached hydrogen (secondary N) is 1. The standard InChI is InChI=1S/C17H23F2N3O3/c1-11-9-22(10-13(11)16(23)24-3)17(20-2)21-6-7-25-12-4-5-14(18)15(19)8-12/h4-5,8,11,13H,6-7,9-10H2,1-3H3,(H,20,21). The van der Waals surface area contributed by atoms with E-state index in [-0.39, 0.29) is 30.2 Å². The molecule has 0 aromatic heterocycles. The average Bonchev–Trinajstić information content (AvgIpc) is 2.99. The summed E-state index contributed by atoms with van der Waals surface area (Å²) < 4.78 is 36.2. The second-order valence-corrected chi connectivity index (χ2v) is 5.91. The van der Waals surface area contributed by atoms with Crippen molar-refractivity contribution in [2.45, 2.75) is 6.92 Å². The summed E-state index contributed by atoms with van der Waals surface area (Å²) in [7, 11) is 3.05. The molecule has 2 unspecified atom stereocenters. The van der Waals surface area contributed by atoms with Crippen LogP contribution in [0.1, 0.15) is 6.92 Å². The predicted molar refractivity (Wildman–Crippen MR) is 89.5 cm³/mol. The highest BCUT2D eigenvalue weighted by Gasteiger charge is 2.36. The van der Waals surface area contributed by atoms with Crippen molar-refractivity contribution in [2.75, 3.05) is 40.4 Å². The van der Waals surface area contributed by atoms with E-state index in [4.69, 9.17) is 9.47 Å². The van der Waals surface area contributed by atoms with Crippen LogP contribution in [0.25, 0.3) is 0 Å². The summed E-state index contributed by atoms with van der Waals surface area (Å²) >= 11 is 0. The van der Waals surface area contributed by atoms with Crippen LogP contribution in [0.3, 0.4) is 0 Å². The maximum absolute atomic E-state index is 13.1. The van der Waals surface area contributed by atoms with Crippen molar-refractivity contribution >= 4 is 11.9 Å². The van der Waals surface area contributed by atoms with Gasteiger partial charge in [-0.05, 0) is 18.1 Å². The molecule has 138 valence electrons. The van der Waals surface area contributed by atoms with Crippen molar-refractivity contribution in [1.29, 1.82) is 0 Å². The second-order valence-electron chi connectivity index (χ2n) is 5.91. The van der Waals surface area contributed by atoms with Crippen LogP contribution in [0.15, 0.2) is 23.2 Å². The predicted octanol–water partition coefficient (Wildman–Crippen LogP) is 1.66. The summed E-state index contributed by atoms with van der Waals surface area (Å²) in [5, 5.41) is 3.14. The van der Waals surface area contributed by atoms with Crippen molar-refractivity contribution in [2.24, 2.45) is 16.8 Å². The number of ether oxygens (including phenoxy) is 2. The van der Waals surface area contributed by atoms with Gasteiger partial charge in [0.1, 0.15) is 12.4 Å². The number of aliphatic imine (C=N–C) groups is 1. The Hall–Kier alpha value is -2.38. The fourth-order valence-electron chi connectivity index (χ4n) is 2.83. The van der Waals surface area contributed by atoms with E-state index in [2.05, 4.69) is 10.3 Å². The molecule has 0 bridgehead atoms. The first-order valence-corrected chi connectivity index (χ1v) is 8.07. The van der Waals surface area contributed by atoms with Gasteiger partial charge in [0.15, 0.2) is 17.6 Å². The zero-order valence-corrected chi connectivity index (χ0v) is 14.6. The van der Waals surface area contributed by atoms with Gasteiger partial charge >= 0.3 is 5.97 Å². The Morgan fingerprint density at radius 1 is 1.36 bits per heavy atom. The lowest BCUT2D eigenvalue weighted by Crippen LogP contribution is -2.42. The molecule has 0 aliphatic carbocycles. The van der Waals surface area contributed by atoms with E-state index in [1.165, 1.54) is 13.2 Å². The Labute approximate surface area is 145 Å². The first-order chi connectivity index (χ1) is 12.0. The topological polar surface area (TPSA) is 63.2 Å². The minimum atomic E-state index is -0.943. The van der Waals surface area contributed by atoms with E-state index in [1.54, 1.807) is 7.05 Å². The van der Waals surface area contributed by atoms with Crippen LogP contribution >= 0.6 is 0 Å². The lowest BCUT2D eigenvalue weighted by molar-refractivity contribution is -0.145. The number of hydrogen-bond acceptors (Lipinski definition) is 4. The van der Waals surface area contributed by atoms with Gasteiger partial charge in [0, 0.05) is 26.2 Å². The normalized spacial score (nSPS) is 20.5. The quantitative estimate of drug-likeness (QED) is 0.377. The van der Waals surface area contributed by atoms with Gasteiger partial charge in [-0.1, -0.05) is 6.92 Å². The Kier molecular flexibility index (Phi) is 6.55. The van der Waals surface area contributed by atoms with Crippen molar-refractivity contribution in [1.82, 2.24) is 10.2 Å². The molecule has 1 aromatic carbocycles. The third-order valence-electron chi connectivity index (χ3n) is 4.17. The van der Waals surface area contributed by atoms with Gasteiger partial charge in [0.2, 0.25) is 0 Å². The lowest BCUT2D eigenvalue weighted by atomic mass is 9.99. The van der Waals surface area contributed by atoms with Crippen molar-refractivity contribution in [3.05, 3.63) is 29.8 Å². The van der Waals surface area contributed by atoms with Crippen LogP contribution < -0.4 is 10.1 Å². The van der Waals surface area contributed by atoms with E-state index in [9.17, 15) is 13.6 Å². The molecule has 0 spiro atoms. The highest BCUT2D eigenvalue weighted by Crippen LogP contribution is 2.24. The van der Waals surface area contributed by atoms with Crippen LogP contribution in [-0.4, -0.2) is 57.2 Å². The first kappa shape index (κ1) is 19.0.